The molecule has 3 aromatic carbocycles. The third-order valence-corrected chi connectivity index (χ3v) is 13.8. The molecule has 11 heteroatoms. The van der Waals surface area contributed by atoms with Crippen molar-refractivity contribution in [3.05, 3.63) is 77.9 Å². The Balaban J connectivity index is 0.00000541. The maximum atomic E-state index is 14.2. The first kappa shape index (κ1) is 39.0. The van der Waals surface area contributed by atoms with Crippen LogP contribution in [0.3, 0.4) is 0 Å². The summed E-state index contributed by atoms with van der Waals surface area (Å²) in [6.07, 6.45) is 8.53. The minimum atomic E-state index is -3.48. The molecule has 0 spiro atoms. The number of halogens is 1. The molecule has 266 valence electrons. The van der Waals surface area contributed by atoms with Gasteiger partial charge in [0, 0.05) is 32.6 Å². The van der Waals surface area contributed by atoms with Crippen molar-refractivity contribution in [3.8, 4) is 16.2 Å². The Bertz CT molecular complexity index is 1900. The number of carbonyl (C=O) groups excluding carboxylic acids is 1. The lowest BCUT2D eigenvalue weighted by Crippen LogP contribution is -2.33. The second-order valence-corrected chi connectivity index (χ2v) is 17.9. The van der Waals surface area contributed by atoms with Gasteiger partial charge in [0.25, 0.3) is 0 Å². The van der Waals surface area contributed by atoms with Crippen LogP contribution in [0.4, 0.5) is 0 Å². The van der Waals surface area contributed by atoms with Crippen molar-refractivity contribution in [3.63, 3.8) is 0 Å². The van der Waals surface area contributed by atoms with Gasteiger partial charge in [-0.3, -0.25) is 9.69 Å². The highest BCUT2D eigenvalue weighted by molar-refractivity contribution is 7.91. The van der Waals surface area contributed by atoms with Crippen molar-refractivity contribution in [2.45, 2.75) is 81.4 Å². The van der Waals surface area contributed by atoms with Gasteiger partial charge in [0.2, 0.25) is 0 Å². The van der Waals surface area contributed by atoms with E-state index in [1.807, 2.05) is 26.0 Å². The average molecular weight is 746 g/mol. The van der Waals surface area contributed by atoms with E-state index in [-0.39, 0.29) is 39.5 Å². The van der Waals surface area contributed by atoms with Gasteiger partial charge in [0.05, 0.1) is 21.3 Å². The van der Waals surface area contributed by atoms with Gasteiger partial charge in [-0.05, 0) is 92.9 Å². The molecule has 0 radical (unpaired) electrons. The number of ketones is 1. The average Bonchev–Trinajstić information content (AvgIpc) is 3.48. The van der Waals surface area contributed by atoms with Gasteiger partial charge in [0.15, 0.2) is 25.5 Å². The zero-order chi connectivity index (χ0) is 34.1. The van der Waals surface area contributed by atoms with Crippen molar-refractivity contribution in [1.82, 2.24) is 4.90 Å². The minimum absolute atomic E-state index is 0. The Hall–Kier alpha value is -2.76. The number of ether oxygens (including phenoxy) is 1. The first-order chi connectivity index (χ1) is 23.1. The summed E-state index contributed by atoms with van der Waals surface area (Å²) >= 11 is 1.35. The Morgan fingerprint density at radius 1 is 0.755 bits per heavy atom. The molecule has 5 rings (SSSR count). The number of hydrogen-bond acceptors (Lipinski definition) is 8. The molecule has 2 heterocycles. The van der Waals surface area contributed by atoms with Crippen LogP contribution >= 0.6 is 23.7 Å². The van der Waals surface area contributed by atoms with Gasteiger partial charge >= 0.3 is 0 Å². The molecule has 7 nitrogen and oxygen atoms in total. The summed E-state index contributed by atoms with van der Waals surface area (Å²) in [7, 11) is -6.90. The molecule has 49 heavy (non-hydrogen) atoms. The first-order valence-corrected chi connectivity index (χ1v) is 21.4. The highest BCUT2D eigenvalue weighted by Crippen LogP contribution is 2.41. The van der Waals surface area contributed by atoms with E-state index < -0.39 is 19.7 Å². The monoisotopic (exact) mass is 745 g/mol. The van der Waals surface area contributed by atoms with Crippen molar-refractivity contribution in [2.75, 3.05) is 37.7 Å². The van der Waals surface area contributed by atoms with E-state index in [1.54, 1.807) is 54.6 Å². The fourth-order valence-corrected chi connectivity index (χ4v) is 10.2. The smallest absolute Gasteiger partial charge is 0.195 e. The molecule has 0 atom stereocenters. The standard InChI is InChI=1S/C38H47NO6S3.ClH/c1-3-5-10-26-47(41,42)32-18-14-30(15-19-32)38-36(34-21-20-33(28-35(34)46-38)48(43,44)27-11-6-4-2)37(40)29-12-16-31(17-13-29)45-25-24-39-22-8-7-9-23-39;/h12-21,28H,3-11,22-27H2,1-2H3;1H. The molecule has 0 amide bonds. The predicted molar refractivity (Wildman–Crippen MR) is 203 cm³/mol. The maximum absolute atomic E-state index is 14.2. The largest absolute Gasteiger partial charge is 0.492 e. The third kappa shape index (κ3) is 9.94. The number of benzene rings is 3. The summed E-state index contributed by atoms with van der Waals surface area (Å²) in [5.41, 5.74) is 1.67. The molecule has 0 bridgehead atoms. The molecular formula is C38H48ClNO6S3. The summed E-state index contributed by atoms with van der Waals surface area (Å²) in [5, 5.41) is 0.672. The van der Waals surface area contributed by atoms with Crippen LogP contribution in [0.15, 0.2) is 76.5 Å². The lowest BCUT2D eigenvalue weighted by Gasteiger charge is -2.26. The molecule has 1 aliphatic heterocycles. The quantitative estimate of drug-likeness (QED) is 0.0786. The summed E-state index contributed by atoms with van der Waals surface area (Å²) in [4.78, 5) is 17.8. The Kier molecular flexibility index (Phi) is 14.3. The van der Waals surface area contributed by atoms with Crippen LogP contribution in [-0.2, 0) is 19.7 Å². The van der Waals surface area contributed by atoms with Gasteiger partial charge in [-0.2, -0.15) is 0 Å². The number of hydrogen-bond donors (Lipinski definition) is 0. The van der Waals surface area contributed by atoms with E-state index in [4.69, 9.17) is 4.74 Å². The van der Waals surface area contributed by atoms with E-state index in [0.29, 0.717) is 56.9 Å². The number of thiophene rings is 1. The normalized spacial score (nSPS) is 14.1. The topological polar surface area (TPSA) is 97.8 Å². The van der Waals surface area contributed by atoms with Crippen LogP contribution in [0, 0.1) is 0 Å². The van der Waals surface area contributed by atoms with Gasteiger partial charge in [-0.1, -0.05) is 64.2 Å². The molecule has 4 aromatic rings. The van der Waals surface area contributed by atoms with E-state index >= 15 is 0 Å². The Morgan fingerprint density at radius 3 is 1.96 bits per heavy atom. The molecule has 0 saturated carbocycles. The number of carbonyl (C=O) groups is 1. The van der Waals surface area contributed by atoms with Crippen molar-refractivity contribution in [2.24, 2.45) is 0 Å². The van der Waals surface area contributed by atoms with E-state index in [2.05, 4.69) is 4.90 Å². The molecule has 1 aliphatic rings. The zero-order valence-electron chi connectivity index (χ0n) is 28.5. The lowest BCUT2D eigenvalue weighted by atomic mass is 9.97. The number of likely N-dealkylation sites (tertiary alicyclic amines) is 1. The van der Waals surface area contributed by atoms with Crippen LogP contribution in [-0.4, -0.2) is 65.3 Å². The fourth-order valence-electron chi connectivity index (χ4n) is 6.16. The minimum Gasteiger partial charge on any atom is -0.492 e. The van der Waals surface area contributed by atoms with Crippen LogP contribution in [0.1, 0.15) is 87.6 Å². The second-order valence-electron chi connectivity index (χ2n) is 12.6. The lowest BCUT2D eigenvalue weighted by molar-refractivity contribution is 0.104. The fraction of sp³-hybridized carbons (Fsp3) is 0.447. The molecule has 1 aromatic heterocycles. The molecule has 1 saturated heterocycles. The van der Waals surface area contributed by atoms with Gasteiger partial charge in [0.1, 0.15) is 12.4 Å². The molecule has 0 aliphatic carbocycles. The van der Waals surface area contributed by atoms with Crippen LogP contribution in [0.5, 0.6) is 5.75 Å². The van der Waals surface area contributed by atoms with Gasteiger partial charge in [-0.15, -0.1) is 23.7 Å². The Labute approximate surface area is 302 Å². The highest BCUT2D eigenvalue weighted by atomic mass is 35.5. The number of unbranched alkanes of at least 4 members (excludes halogenated alkanes) is 4. The van der Waals surface area contributed by atoms with Crippen LogP contribution in [0.2, 0.25) is 0 Å². The number of nitrogens with zero attached hydrogens (tertiary/aromatic N) is 1. The third-order valence-electron chi connectivity index (χ3n) is 9.00. The highest BCUT2D eigenvalue weighted by Gasteiger charge is 2.24. The Morgan fingerprint density at radius 2 is 1.35 bits per heavy atom. The SMILES string of the molecule is CCCCCS(=O)(=O)c1ccc(-c2sc3cc(S(=O)(=O)CCCCC)ccc3c2C(=O)c2ccc(OCCN3CCCCC3)cc2)cc1.Cl. The van der Waals surface area contributed by atoms with E-state index in [9.17, 15) is 21.6 Å². The molecular weight excluding hydrogens is 698 g/mol. The van der Waals surface area contributed by atoms with Gasteiger partial charge < -0.3 is 4.74 Å². The maximum Gasteiger partial charge on any atom is 0.195 e. The van der Waals surface area contributed by atoms with E-state index in [0.717, 1.165) is 45.3 Å². The van der Waals surface area contributed by atoms with Crippen molar-refractivity contribution < 1.29 is 26.4 Å². The van der Waals surface area contributed by atoms with Crippen molar-refractivity contribution in [1.29, 1.82) is 0 Å². The number of sulfone groups is 2. The number of piperidine rings is 1. The first-order valence-electron chi connectivity index (χ1n) is 17.3. The summed E-state index contributed by atoms with van der Waals surface area (Å²) in [6, 6.07) is 18.9. The predicted octanol–water partition coefficient (Wildman–Crippen LogP) is 9.01. The second kappa shape index (κ2) is 17.9. The van der Waals surface area contributed by atoms with Crippen LogP contribution < -0.4 is 4.74 Å². The summed E-state index contributed by atoms with van der Waals surface area (Å²) in [5.74, 6) is 0.690. The van der Waals surface area contributed by atoms with Crippen LogP contribution in [0.25, 0.3) is 20.5 Å². The van der Waals surface area contributed by atoms with Gasteiger partial charge in [-0.25, -0.2) is 16.8 Å². The van der Waals surface area contributed by atoms with Crippen molar-refractivity contribution >= 4 is 59.3 Å². The molecule has 0 N–H and O–H groups in total. The number of rotatable bonds is 17. The number of fused-ring (bicyclic) bond motifs is 1. The molecule has 0 unspecified atom stereocenters. The zero-order valence-corrected chi connectivity index (χ0v) is 31.8. The molecule has 1 fully saturated rings. The summed E-state index contributed by atoms with van der Waals surface area (Å²) in [6.45, 7) is 7.75. The summed E-state index contributed by atoms with van der Waals surface area (Å²) < 4.78 is 58.9. The van der Waals surface area contributed by atoms with E-state index in [1.165, 1.54) is 30.6 Å².